The summed E-state index contributed by atoms with van der Waals surface area (Å²) in [7, 11) is 0. The molecule has 142 heavy (non-hydrogen) atoms. The topological polar surface area (TPSA) is 210 Å². The molecule has 0 spiro atoms. The third-order valence-electron chi connectivity index (χ3n) is 31.3. The number of fused-ring (bicyclic) bond motifs is 12. The molecule has 0 bridgehead atoms. The smallest absolute Gasteiger partial charge is 0.309 e. The Kier molecular flexibility index (Phi) is 31.0. The van der Waals surface area contributed by atoms with Crippen molar-refractivity contribution in [3.05, 3.63) is 265 Å². The predicted octanol–water partition coefficient (Wildman–Crippen LogP) is 30.8. The van der Waals surface area contributed by atoms with Crippen LogP contribution in [-0.2, 0) is 87.5 Å². The fraction of sp³-hybridized carbons (Fsp3) is 0.397. The number of rotatable bonds is 24. The van der Waals surface area contributed by atoms with Crippen LogP contribution in [0.5, 0.6) is 0 Å². The third-order valence-corrected chi connectivity index (χ3v) is 31.3. The molecule has 0 aliphatic heterocycles. The maximum absolute atomic E-state index is 13.2. The second kappa shape index (κ2) is 43.8. The highest BCUT2D eigenvalue weighted by molar-refractivity contribution is 6.28. The van der Waals surface area contributed by atoms with E-state index in [9.17, 15) is 38.4 Å². The van der Waals surface area contributed by atoms with E-state index >= 15 is 0 Å². The van der Waals surface area contributed by atoms with Crippen molar-refractivity contribution in [2.24, 2.45) is 47.3 Å². The van der Waals surface area contributed by atoms with E-state index in [-0.39, 0.29) is 132 Å². The first kappa shape index (κ1) is 100. The molecule has 4 fully saturated rings. The monoisotopic (exact) mass is 1900 g/mol. The molecule has 16 aromatic rings. The van der Waals surface area contributed by atoms with E-state index in [0.717, 1.165) is 71.6 Å². The van der Waals surface area contributed by atoms with Gasteiger partial charge in [0.2, 0.25) is 0 Å². The van der Waals surface area contributed by atoms with Crippen LogP contribution < -0.4 is 0 Å². The van der Waals surface area contributed by atoms with Crippen molar-refractivity contribution in [1.82, 2.24) is 0 Å². The van der Waals surface area contributed by atoms with E-state index < -0.39 is 11.2 Å². The fourth-order valence-corrected chi connectivity index (χ4v) is 21.5. The largest absolute Gasteiger partial charge is 0.462 e. The number of esters is 8. The minimum Gasteiger partial charge on any atom is -0.462 e. The summed E-state index contributed by atoms with van der Waals surface area (Å²) in [4.78, 5) is 101. The van der Waals surface area contributed by atoms with Crippen LogP contribution in [0.25, 0.3) is 129 Å². The van der Waals surface area contributed by atoms with Crippen molar-refractivity contribution in [1.29, 1.82) is 0 Å². The fourth-order valence-electron chi connectivity index (χ4n) is 21.5. The summed E-state index contributed by atoms with van der Waals surface area (Å²) in [5, 5.41) is 29.3. The molecule has 0 saturated heterocycles. The third kappa shape index (κ3) is 21.9. The minimum absolute atomic E-state index is 0.0739. The zero-order chi connectivity index (χ0) is 100.0. The van der Waals surface area contributed by atoms with Crippen LogP contribution in [-0.4, -0.2) is 72.2 Å². The Morgan fingerprint density at radius 3 is 0.803 bits per heavy atom. The Balaban J connectivity index is 0.000000130. The van der Waals surface area contributed by atoms with Gasteiger partial charge in [-0.1, -0.05) is 262 Å². The Bertz CT molecular complexity index is 7120. The van der Waals surface area contributed by atoms with E-state index in [0.29, 0.717) is 89.9 Å². The quantitative estimate of drug-likeness (QED) is 0.0313. The van der Waals surface area contributed by atoms with E-state index in [1.807, 2.05) is 96.9 Å². The average molecular weight is 1910 g/mol. The molecule has 4 saturated carbocycles. The van der Waals surface area contributed by atoms with Gasteiger partial charge in [0.05, 0.1) is 47.3 Å². The Hall–Kier alpha value is -13.1. The van der Waals surface area contributed by atoms with E-state index in [1.54, 1.807) is 0 Å². The van der Waals surface area contributed by atoms with Crippen LogP contribution in [0.2, 0.25) is 0 Å². The van der Waals surface area contributed by atoms with Crippen LogP contribution in [0.15, 0.2) is 243 Å². The summed E-state index contributed by atoms with van der Waals surface area (Å²) in [6.45, 7) is 27.3. The Morgan fingerprint density at radius 1 is 0.246 bits per heavy atom. The normalized spacial score (nSPS) is 19.8. The van der Waals surface area contributed by atoms with Gasteiger partial charge in [-0.05, 0) is 358 Å². The molecule has 0 aromatic heterocycles. The van der Waals surface area contributed by atoms with Crippen LogP contribution in [0.4, 0.5) is 0 Å². The molecule has 736 valence electrons. The molecule has 0 radical (unpaired) electrons. The lowest BCUT2D eigenvalue weighted by Crippen LogP contribution is -2.34. The molecule has 4 aliphatic carbocycles. The highest BCUT2D eigenvalue weighted by Gasteiger charge is 2.39. The molecular weight excluding hydrogens is 1770 g/mol. The second-order valence-electron chi connectivity index (χ2n) is 41.7. The highest BCUT2D eigenvalue weighted by Crippen LogP contribution is 2.46. The van der Waals surface area contributed by atoms with Gasteiger partial charge in [-0.2, -0.15) is 0 Å². The first-order valence-corrected chi connectivity index (χ1v) is 52.2. The van der Waals surface area contributed by atoms with E-state index in [2.05, 4.69) is 243 Å². The lowest BCUT2D eigenvalue weighted by molar-refractivity contribution is -0.167. The highest BCUT2D eigenvalue weighted by atomic mass is 16.6. The van der Waals surface area contributed by atoms with Crippen molar-refractivity contribution >= 4 is 177 Å². The second-order valence-corrected chi connectivity index (χ2v) is 41.7. The standard InChI is InChI=1S/C33H36O4.C32H34O4.C31H34O4.C30H32O4/c1-5-21(2)31(34)36-24-17-14-22(15-18-24)32(35)37-33(3,4)23-16-19-29-27-12-7-6-10-25(27)26-11-8-9-13-28(26)30(29)20-23;1-4-20(2)31(33)36-24-16-13-22(14-17-24)32(34)35-21(3)23-15-18-29-27-11-6-5-9-25(27)26-10-7-8-12-28(26)30(29)19-23;1-5-19(2)29(32)34-26-15-13-22(14-16-26)30(33)35-31(3,4)25-17-23-11-9-20-7-6-8-21-10-12-24(18-25)28(23)27(20)21;1-4-18(2)29(31)34-26-14-12-22(13-15-26)30(32)33-19(3)25-16-23-10-8-20-6-5-7-21-9-11-24(17-25)28(23)27(20)21/h6-13,16,19-22,24H,5,14-15,17-18H2,1-4H3;5-12,15,18-22,24H,4,13-14,16-17H2,1-3H3;6-12,17-19,22,26H,5,13-16H2,1-4H3;5-11,16-19,22,26H,4,12-15H2,1-3H3. The molecular formula is C126H136O16. The molecule has 0 amide bonds. The summed E-state index contributed by atoms with van der Waals surface area (Å²) in [5.41, 5.74) is 2.46. The molecule has 20 rings (SSSR count). The summed E-state index contributed by atoms with van der Waals surface area (Å²) < 4.78 is 46.7. The van der Waals surface area contributed by atoms with Crippen molar-refractivity contribution < 1.29 is 76.3 Å². The molecule has 6 unspecified atom stereocenters. The van der Waals surface area contributed by atoms with Gasteiger partial charge >= 0.3 is 47.8 Å². The maximum Gasteiger partial charge on any atom is 0.309 e. The first-order valence-electron chi connectivity index (χ1n) is 52.2. The maximum atomic E-state index is 13.2. The molecule has 16 aromatic carbocycles. The van der Waals surface area contributed by atoms with Crippen molar-refractivity contribution in [3.63, 3.8) is 0 Å². The number of ether oxygens (including phenoxy) is 8. The predicted molar refractivity (Wildman–Crippen MR) is 571 cm³/mol. The Labute approximate surface area is 833 Å². The van der Waals surface area contributed by atoms with Crippen molar-refractivity contribution in [2.45, 2.75) is 273 Å². The van der Waals surface area contributed by atoms with Crippen LogP contribution in [0.3, 0.4) is 0 Å². The molecule has 4 aliphatic rings. The summed E-state index contributed by atoms with van der Waals surface area (Å²) >= 11 is 0. The van der Waals surface area contributed by atoms with Gasteiger partial charge in [-0.25, -0.2) is 0 Å². The van der Waals surface area contributed by atoms with Crippen molar-refractivity contribution in [2.75, 3.05) is 0 Å². The first-order chi connectivity index (χ1) is 68.4. The molecule has 0 heterocycles. The summed E-state index contributed by atoms with van der Waals surface area (Å²) in [6, 6.07) is 85.5. The number of hydrogen-bond acceptors (Lipinski definition) is 16. The summed E-state index contributed by atoms with van der Waals surface area (Å²) in [5.74, 6) is -2.06. The van der Waals surface area contributed by atoms with Gasteiger partial charge in [-0.15, -0.1) is 0 Å². The Morgan fingerprint density at radius 2 is 0.493 bits per heavy atom. The van der Waals surface area contributed by atoms with Crippen molar-refractivity contribution in [3.8, 4) is 0 Å². The number of benzene rings is 16. The zero-order valence-electron chi connectivity index (χ0n) is 84.9. The van der Waals surface area contributed by atoms with Crippen LogP contribution >= 0.6 is 0 Å². The van der Waals surface area contributed by atoms with Gasteiger partial charge in [-0.3, -0.25) is 38.4 Å². The molecule has 16 nitrogen and oxygen atoms in total. The van der Waals surface area contributed by atoms with E-state index in [1.165, 1.54) is 118 Å². The number of carbonyl (C=O) groups is 8. The lowest BCUT2D eigenvalue weighted by Gasteiger charge is -2.32. The molecule has 0 N–H and O–H groups in total. The number of carbonyl (C=O) groups excluding carboxylic acids is 8. The zero-order valence-corrected chi connectivity index (χ0v) is 84.9. The average Bonchev–Trinajstić information content (AvgIpc) is 0.749. The van der Waals surface area contributed by atoms with Gasteiger partial charge in [0.15, 0.2) is 0 Å². The minimum atomic E-state index is -0.766. The molecule has 6 atom stereocenters. The van der Waals surface area contributed by atoms with Gasteiger partial charge in [0, 0.05) is 0 Å². The van der Waals surface area contributed by atoms with Crippen LogP contribution in [0.1, 0.15) is 260 Å². The lowest BCUT2D eigenvalue weighted by atomic mass is 9.86. The van der Waals surface area contributed by atoms with Gasteiger partial charge < -0.3 is 37.9 Å². The SMILES string of the molecule is CCC(C)C(=O)OC1CCC(C(=O)OC(C)(C)c2cc3ccc4cccc5ccc(c2)c3c45)CC1.CCC(C)C(=O)OC1CCC(C(=O)OC(C)(C)c2ccc3c4ccccc4c4ccccc4c3c2)CC1.CCC(C)C(=O)OC1CCC(C(=O)OC(C)c2cc3ccc4cccc5ccc(c2)c3c45)CC1.CCC(C)C(=O)OC1CCC(C(=O)OC(C)c2ccc3c4ccccc4c4ccccc4c3c2)CC1. The van der Waals surface area contributed by atoms with Crippen LogP contribution in [0, 0.1) is 47.3 Å². The summed E-state index contributed by atoms with van der Waals surface area (Å²) in [6.07, 6.45) is 13.3. The van der Waals surface area contributed by atoms with Gasteiger partial charge in [0.25, 0.3) is 0 Å². The van der Waals surface area contributed by atoms with E-state index in [4.69, 9.17) is 37.9 Å². The molecule has 16 heteroatoms. The van der Waals surface area contributed by atoms with Gasteiger partial charge in [0.1, 0.15) is 47.8 Å². The number of hydrogen-bond donors (Lipinski definition) is 0.